The molecular weight excluding hydrogens is 616 g/mol. The molecule has 222 valence electrons. The number of nitrogens with zero attached hydrogens (tertiary/aromatic N) is 1. The van der Waals surface area contributed by atoms with E-state index in [1.807, 2.05) is 30.5 Å². The molecule has 1 unspecified atom stereocenters. The van der Waals surface area contributed by atoms with Gasteiger partial charge >= 0.3 is 0 Å². The molecule has 2 aromatic heterocycles. The molecule has 0 saturated carbocycles. The molecule has 0 aliphatic carbocycles. The average molecular weight is 643 g/mol. The molecule has 0 fully saturated rings. The number of carbonyl (C=O) groups excluding carboxylic acids is 3. The molecule has 3 N–H and O–H groups in total. The summed E-state index contributed by atoms with van der Waals surface area (Å²) in [6.07, 6.45) is 3.52. The third-order valence-corrected chi connectivity index (χ3v) is 8.63. The van der Waals surface area contributed by atoms with E-state index in [1.54, 1.807) is 72.8 Å². The lowest BCUT2D eigenvalue weighted by Crippen LogP contribution is -2.30. The zero-order valence-electron chi connectivity index (χ0n) is 23.5. The van der Waals surface area contributed by atoms with E-state index in [2.05, 4.69) is 20.9 Å². The van der Waals surface area contributed by atoms with Crippen LogP contribution in [0.3, 0.4) is 0 Å². The van der Waals surface area contributed by atoms with Crippen LogP contribution in [0.25, 0.3) is 17.3 Å². The number of furan rings is 1. The van der Waals surface area contributed by atoms with Crippen LogP contribution < -0.4 is 16.0 Å². The van der Waals surface area contributed by atoms with Crippen LogP contribution in [0.1, 0.15) is 29.5 Å². The van der Waals surface area contributed by atoms with Crippen LogP contribution >= 0.6 is 34.7 Å². The second-order valence-electron chi connectivity index (χ2n) is 9.42. The lowest BCUT2D eigenvalue weighted by Gasteiger charge is -2.15. The van der Waals surface area contributed by atoms with Gasteiger partial charge in [0.1, 0.15) is 11.5 Å². The number of benzene rings is 3. The van der Waals surface area contributed by atoms with Gasteiger partial charge in [0, 0.05) is 38.2 Å². The molecule has 8 nitrogen and oxygen atoms in total. The zero-order chi connectivity index (χ0) is 30.9. The van der Waals surface area contributed by atoms with E-state index in [9.17, 15) is 14.4 Å². The Kier molecular flexibility index (Phi) is 10.3. The van der Waals surface area contributed by atoms with E-state index in [1.165, 1.54) is 35.4 Å². The molecule has 5 aromatic rings. The molecule has 0 aliphatic heterocycles. The zero-order valence-corrected chi connectivity index (χ0v) is 25.8. The van der Waals surface area contributed by atoms with E-state index < -0.39 is 17.1 Å². The first kappa shape index (κ1) is 30.8. The molecule has 0 bridgehead atoms. The van der Waals surface area contributed by atoms with Crippen LogP contribution in [0.15, 0.2) is 118 Å². The standard InChI is InChI=1S/C33H27ClN4O4S2/c1-2-29(32(41)38-33-37-28(20-43-33)21-13-15-23(34)16-14-21)44-26-12-6-10-24(18-26)35-31(40)27(19-25-11-7-17-42-25)36-30(39)22-8-4-3-5-9-22/h3-20,29H,2H2,1H3,(H,35,40)(H,36,39)(H,37,38,41)/b27-19-. The molecule has 0 radical (unpaired) electrons. The first-order chi connectivity index (χ1) is 21.4. The number of aromatic nitrogens is 1. The van der Waals surface area contributed by atoms with Crippen molar-refractivity contribution >= 4 is 69.3 Å². The topological polar surface area (TPSA) is 113 Å². The minimum atomic E-state index is -0.530. The van der Waals surface area contributed by atoms with Gasteiger partial charge < -0.3 is 20.4 Å². The van der Waals surface area contributed by atoms with Crippen LogP contribution in [0.2, 0.25) is 5.02 Å². The average Bonchev–Trinajstić information content (AvgIpc) is 3.73. The van der Waals surface area contributed by atoms with Gasteiger partial charge in [-0.3, -0.25) is 14.4 Å². The van der Waals surface area contributed by atoms with E-state index in [0.717, 1.165) is 16.2 Å². The van der Waals surface area contributed by atoms with Gasteiger partial charge in [-0.15, -0.1) is 23.1 Å². The van der Waals surface area contributed by atoms with Crippen molar-refractivity contribution in [2.24, 2.45) is 0 Å². The van der Waals surface area contributed by atoms with Crippen molar-refractivity contribution in [2.75, 3.05) is 10.6 Å². The lowest BCUT2D eigenvalue weighted by atomic mass is 10.2. The lowest BCUT2D eigenvalue weighted by molar-refractivity contribution is -0.116. The minimum Gasteiger partial charge on any atom is -0.465 e. The van der Waals surface area contributed by atoms with Gasteiger partial charge in [-0.25, -0.2) is 4.98 Å². The molecular formula is C33H27ClN4O4S2. The largest absolute Gasteiger partial charge is 0.465 e. The van der Waals surface area contributed by atoms with E-state index in [0.29, 0.717) is 33.6 Å². The molecule has 3 amide bonds. The summed E-state index contributed by atoms with van der Waals surface area (Å²) in [5.74, 6) is -0.723. The maximum Gasteiger partial charge on any atom is 0.272 e. The predicted octanol–water partition coefficient (Wildman–Crippen LogP) is 7.98. The van der Waals surface area contributed by atoms with E-state index >= 15 is 0 Å². The number of halogens is 1. The van der Waals surface area contributed by atoms with Gasteiger partial charge in [-0.2, -0.15) is 0 Å². The van der Waals surface area contributed by atoms with Crippen molar-refractivity contribution in [1.29, 1.82) is 0 Å². The Morgan fingerprint density at radius 1 is 0.977 bits per heavy atom. The number of hydrogen-bond donors (Lipinski definition) is 3. The third-order valence-electron chi connectivity index (χ3n) is 6.27. The van der Waals surface area contributed by atoms with Crippen LogP contribution in [-0.2, 0) is 9.59 Å². The summed E-state index contributed by atoms with van der Waals surface area (Å²) in [7, 11) is 0. The third kappa shape index (κ3) is 8.25. The summed E-state index contributed by atoms with van der Waals surface area (Å²) in [6.45, 7) is 1.94. The number of anilines is 2. The Balaban J connectivity index is 1.25. The summed E-state index contributed by atoms with van der Waals surface area (Å²) in [4.78, 5) is 44.6. The number of amides is 3. The molecule has 2 heterocycles. The Hall–Kier alpha value is -4.64. The maximum absolute atomic E-state index is 13.3. The smallest absolute Gasteiger partial charge is 0.272 e. The number of thioether (sulfide) groups is 1. The van der Waals surface area contributed by atoms with Crippen LogP contribution in [-0.4, -0.2) is 28.0 Å². The molecule has 0 saturated heterocycles. The first-order valence-corrected chi connectivity index (χ1v) is 15.7. The Morgan fingerprint density at radius 2 is 1.77 bits per heavy atom. The summed E-state index contributed by atoms with van der Waals surface area (Å²) in [6, 6.07) is 26.5. The maximum atomic E-state index is 13.3. The number of thiazole rings is 1. The molecule has 5 rings (SSSR count). The summed E-state index contributed by atoms with van der Waals surface area (Å²) < 4.78 is 5.36. The Labute approximate surface area is 267 Å². The molecule has 44 heavy (non-hydrogen) atoms. The molecule has 1 atom stereocenters. The molecule has 3 aromatic carbocycles. The fourth-order valence-corrected chi connectivity index (χ4v) is 5.92. The highest BCUT2D eigenvalue weighted by Crippen LogP contribution is 2.30. The Bertz CT molecular complexity index is 1770. The summed E-state index contributed by atoms with van der Waals surface area (Å²) in [5.41, 5.74) is 2.59. The van der Waals surface area contributed by atoms with Crippen LogP contribution in [0, 0.1) is 0 Å². The van der Waals surface area contributed by atoms with Crippen LogP contribution in [0.5, 0.6) is 0 Å². The second kappa shape index (κ2) is 14.7. The normalized spacial score (nSPS) is 11.9. The van der Waals surface area contributed by atoms with Gasteiger partial charge in [0.25, 0.3) is 11.8 Å². The second-order valence-corrected chi connectivity index (χ2v) is 12.0. The number of rotatable bonds is 11. The molecule has 11 heteroatoms. The van der Waals surface area contributed by atoms with Crippen molar-refractivity contribution in [1.82, 2.24) is 10.3 Å². The van der Waals surface area contributed by atoms with Crippen molar-refractivity contribution in [3.63, 3.8) is 0 Å². The summed E-state index contributed by atoms with van der Waals surface area (Å²) >= 11 is 8.72. The minimum absolute atomic E-state index is 0.0130. The highest BCUT2D eigenvalue weighted by molar-refractivity contribution is 8.00. The number of hydrogen-bond acceptors (Lipinski definition) is 7. The fraction of sp³-hybridized carbons (Fsp3) is 0.0909. The molecule has 0 spiro atoms. The van der Waals surface area contributed by atoms with Crippen molar-refractivity contribution < 1.29 is 18.8 Å². The predicted molar refractivity (Wildman–Crippen MR) is 177 cm³/mol. The van der Waals surface area contributed by atoms with Crippen molar-refractivity contribution in [3.8, 4) is 11.3 Å². The fourth-order valence-electron chi connectivity index (χ4n) is 4.06. The van der Waals surface area contributed by atoms with Gasteiger partial charge in [-0.1, -0.05) is 54.9 Å². The Morgan fingerprint density at radius 3 is 2.50 bits per heavy atom. The van der Waals surface area contributed by atoms with Gasteiger partial charge in [-0.05, 0) is 61.0 Å². The highest BCUT2D eigenvalue weighted by Gasteiger charge is 2.21. The monoisotopic (exact) mass is 642 g/mol. The van der Waals surface area contributed by atoms with Crippen molar-refractivity contribution in [3.05, 3.63) is 125 Å². The number of carbonyl (C=O) groups is 3. The van der Waals surface area contributed by atoms with E-state index in [4.69, 9.17) is 16.0 Å². The highest BCUT2D eigenvalue weighted by atomic mass is 35.5. The van der Waals surface area contributed by atoms with Gasteiger partial charge in [0.2, 0.25) is 5.91 Å². The van der Waals surface area contributed by atoms with Gasteiger partial charge in [0.05, 0.1) is 17.2 Å². The van der Waals surface area contributed by atoms with Gasteiger partial charge in [0.15, 0.2) is 5.13 Å². The summed E-state index contributed by atoms with van der Waals surface area (Å²) in [5, 5.41) is 11.1. The molecule has 0 aliphatic rings. The first-order valence-electron chi connectivity index (χ1n) is 13.6. The van der Waals surface area contributed by atoms with E-state index in [-0.39, 0.29) is 11.6 Å². The SMILES string of the molecule is CCC(Sc1cccc(NC(=O)/C(=C/c2ccco2)NC(=O)c2ccccc2)c1)C(=O)Nc1nc(-c2ccc(Cl)cc2)cs1. The quantitative estimate of drug-likeness (QED) is 0.0995. The van der Waals surface area contributed by atoms with Crippen LogP contribution in [0.4, 0.5) is 10.8 Å². The number of nitrogens with one attached hydrogen (secondary N) is 3. The van der Waals surface area contributed by atoms with Crippen molar-refractivity contribution in [2.45, 2.75) is 23.5 Å².